The van der Waals surface area contributed by atoms with E-state index >= 15 is 0 Å². The van der Waals surface area contributed by atoms with Crippen molar-refractivity contribution in [1.82, 2.24) is 0 Å². The van der Waals surface area contributed by atoms with Crippen molar-refractivity contribution in [3.63, 3.8) is 0 Å². The summed E-state index contributed by atoms with van der Waals surface area (Å²) in [7, 11) is 0. The molecule has 0 saturated carbocycles. The van der Waals surface area contributed by atoms with Crippen molar-refractivity contribution in [2.24, 2.45) is 5.92 Å². The fourth-order valence-electron chi connectivity index (χ4n) is 3.48. The summed E-state index contributed by atoms with van der Waals surface area (Å²) in [5.41, 5.74) is 4.69. The highest BCUT2D eigenvalue weighted by atomic mass is 16.5. The van der Waals surface area contributed by atoms with Gasteiger partial charge in [-0.3, -0.25) is 0 Å². The minimum Gasteiger partial charge on any atom is -0.376 e. The Bertz CT molecular complexity index is 907. The predicted octanol–water partition coefficient (Wildman–Crippen LogP) is 6.59. The number of benzene rings is 3. The van der Waals surface area contributed by atoms with E-state index in [0.29, 0.717) is 33.0 Å². The Morgan fingerprint density at radius 2 is 1.09 bits per heavy atom. The maximum Gasteiger partial charge on any atom is 0.102 e. The molecule has 0 fully saturated rings. The van der Waals surface area contributed by atoms with E-state index in [1.807, 2.05) is 54.6 Å². The summed E-state index contributed by atoms with van der Waals surface area (Å²) >= 11 is 0. The van der Waals surface area contributed by atoms with Crippen molar-refractivity contribution in [3.05, 3.63) is 119 Å². The van der Waals surface area contributed by atoms with Crippen molar-refractivity contribution in [2.75, 3.05) is 13.2 Å². The maximum absolute atomic E-state index is 6.27. The van der Waals surface area contributed by atoms with Crippen molar-refractivity contribution in [2.45, 2.75) is 39.8 Å². The molecule has 0 radical (unpaired) electrons. The minimum absolute atomic E-state index is 0.101. The zero-order valence-electron chi connectivity index (χ0n) is 19.2. The third-order valence-electron chi connectivity index (χ3n) is 5.22. The third kappa shape index (κ3) is 8.80. The summed E-state index contributed by atoms with van der Waals surface area (Å²) in [5, 5.41) is 0. The SMILES string of the molecule is CC(=CC(C)COCc1ccccc1)[C@H](COCc1ccccc1)OCc1ccccc1. The fourth-order valence-corrected chi connectivity index (χ4v) is 3.48. The Morgan fingerprint density at radius 1 is 0.656 bits per heavy atom. The summed E-state index contributed by atoms with van der Waals surface area (Å²) in [4.78, 5) is 0. The zero-order chi connectivity index (χ0) is 22.4. The number of hydrogen-bond donors (Lipinski definition) is 0. The molecule has 0 heterocycles. The molecule has 0 saturated heterocycles. The van der Waals surface area contributed by atoms with E-state index in [1.54, 1.807) is 0 Å². The van der Waals surface area contributed by atoms with Gasteiger partial charge in [0, 0.05) is 0 Å². The predicted molar refractivity (Wildman–Crippen MR) is 130 cm³/mol. The minimum atomic E-state index is -0.101. The molecule has 168 valence electrons. The van der Waals surface area contributed by atoms with Gasteiger partial charge in [-0.1, -0.05) is 104 Å². The smallest absolute Gasteiger partial charge is 0.102 e. The molecule has 2 atom stereocenters. The van der Waals surface area contributed by atoms with Gasteiger partial charge in [0.2, 0.25) is 0 Å². The standard InChI is InChI=1S/C29H34O3/c1-24(19-30-20-26-12-6-3-7-13-26)18-25(2)29(32-22-28-16-10-5-11-17-28)23-31-21-27-14-8-4-9-15-27/h3-18,24,29H,19-23H2,1-2H3/t24?,29-/m0/s1. The molecule has 0 aliphatic rings. The second kappa shape index (κ2) is 13.6. The van der Waals surface area contributed by atoms with Crippen LogP contribution in [-0.4, -0.2) is 19.3 Å². The molecule has 32 heavy (non-hydrogen) atoms. The average molecular weight is 431 g/mol. The maximum atomic E-state index is 6.27. The molecule has 3 aromatic rings. The monoisotopic (exact) mass is 430 g/mol. The first-order chi connectivity index (χ1) is 15.7. The van der Waals surface area contributed by atoms with Crippen LogP contribution in [0.2, 0.25) is 0 Å². The highest BCUT2D eigenvalue weighted by Crippen LogP contribution is 2.15. The lowest BCUT2D eigenvalue weighted by Crippen LogP contribution is -2.22. The highest BCUT2D eigenvalue weighted by molar-refractivity contribution is 5.16. The summed E-state index contributed by atoms with van der Waals surface area (Å²) < 4.78 is 18.2. The summed E-state index contributed by atoms with van der Waals surface area (Å²) in [6.45, 7) is 7.25. The molecule has 0 bridgehead atoms. The Hall–Kier alpha value is -2.72. The van der Waals surface area contributed by atoms with E-state index in [0.717, 1.165) is 5.56 Å². The molecule has 3 aromatic carbocycles. The molecule has 0 aliphatic carbocycles. The molecule has 0 N–H and O–H groups in total. The summed E-state index contributed by atoms with van der Waals surface area (Å²) in [6, 6.07) is 30.8. The van der Waals surface area contributed by atoms with E-state index in [9.17, 15) is 0 Å². The Morgan fingerprint density at radius 3 is 1.59 bits per heavy atom. The average Bonchev–Trinajstić information content (AvgIpc) is 2.83. The van der Waals surface area contributed by atoms with Gasteiger partial charge < -0.3 is 14.2 Å². The zero-order valence-corrected chi connectivity index (χ0v) is 19.2. The number of ether oxygens (including phenoxy) is 3. The third-order valence-corrected chi connectivity index (χ3v) is 5.22. The molecule has 1 unspecified atom stereocenters. The van der Waals surface area contributed by atoms with Gasteiger partial charge in [0.25, 0.3) is 0 Å². The molecule has 3 nitrogen and oxygen atoms in total. The van der Waals surface area contributed by atoms with Crippen molar-refractivity contribution in [1.29, 1.82) is 0 Å². The van der Waals surface area contributed by atoms with Gasteiger partial charge in [-0.15, -0.1) is 0 Å². The number of rotatable bonds is 13. The van der Waals surface area contributed by atoms with E-state index < -0.39 is 0 Å². The van der Waals surface area contributed by atoms with Crippen LogP contribution >= 0.6 is 0 Å². The van der Waals surface area contributed by atoms with E-state index in [1.165, 1.54) is 16.7 Å². The quantitative estimate of drug-likeness (QED) is 0.286. The molecule has 0 spiro atoms. The molecule has 3 rings (SSSR count). The lowest BCUT2D eigenvalue weighted by atomic mass is 10.1. The summed E-state index contributed by atoms with van der Waals surface area (Å²) in [5.74, 6) is 0.288. The first-order valence-corrected chi connectivity index (χ1v) is 11.3. The van der Waals surface area contributed by atoms with E-state index in [-0.39, 0.29) is 12.0 Å². The van der Waals surface area contributed by atoms with Crippen LogP contribution < -0.4 is 0 Å². The van der Waals surface area contributed by atoms with Gasteiger partial charge >= 0.3 is 0 Å². The fraction of sp³-hybridized carbons (Fsp3) is 0.310. The summed E-state index contributed by atoms with van der Waals surface area (Å²) in [6.07, 6.45) is 2.14. The van der Waals surface area contributed by atoms with Crippen LogP contribution in [0.25, 0.3) is 0 Å². The Balaban J connectivity index is 1.53. The van der Waals surface area contributed by atoms with Crippen LogP contribution in [0, 0.1) is 5.92 Å². The van der Waals surface area contributed by atoms with Gasteiger partial charge in [-0.05, 0) is 35.1 Å². The van der Waals surface area contributed by atoms with E-state index in [2.05, 4.69) is 56.3 Å². The first-order valence-electron chi connectivity index (χ1n) is 11.3. The second-order valence-electron chi connectivity index (χ2n) is 8.17. The largest absolute Gasteiger partial charge is 0.376 e. The Labute approximate surface area is 192 Å². The van der Waals surface area contributed by atoms with Gasteiger partial charge in [0.1, 0.15) is 6.10 Å². The van der Waals surface area contributed by atoms with Crippen molar-refractivity contribution < 1.29 is 14.2 Å². The molecule has 0 aromatic heterocycles. The van der Waals surface area contributed by atoms with Crippen LogP contribution in [0.4, 0.5) is 0 Å². The van der Waals surface area contributed by atoms with Crippen LogP contribution in [0.3, 0.4) is 0 Å². The van der Waals surface area contributed by atoms with Crippen LogP contribution in [0.15, 0.2) is 103 Å². The Kier molecular flexibility index (Phi) is 10.2. The lowest BCUT2D eigenvalue weighted by Gasteiger charge is -2.21. The molecular formula is C29H34O3. The first kappa shape index (κ1) is 23.9. The molecule has 0 aliphatic heterocycles. The van der Waals surface area contributed by atoms with Gasteiger partial charge in [0.05, 0.1) is 33.0 Å². The topological polar surface area (TPSA) is 27.7 Å². The second-order valence-corrected chi connectivity index (χ2v) is 8.17. The normalized spacial score (nSPS) is 13.6. The van der Waals surface area contributed by atoms with Crippen molar-refractivity contribution >= 4 is 0 Å². The van der Waals surface area contributed by atoms with Crippen LogP contribution in [0.5, 0.6) is 0 Å². The highest BCUT2D eigenvalue weighted by Gasteiger charge is 2.14. The lowest BCUT2D eigenvalue weighted by molar-refractivity contribution is -0.0113. The molecular weight excluding hydrogens is 396 g/mol. The van der Waals surface area contributed by atoms with Crippen LogP contribution in [-0.2, 0) is 34.0 Å². The van der Waals surface area contributed by atoms with E-state index in [4.69, 9.17) is 14.2 Å². The van der Waals surface area contributed by atoms with Crippen molar-refractivity contribution in [3.8, 4) is 0 Å². The van der Waals surface area contributed by atoms with Gasteiger partial charge in [-0.2, -0.15) is 0 Å². The molecule has 3 heteroatoms. The molecule has 0 amide bonds. The van der Waals surface area contributed by atoms with Gasteiger partial charge in [-0.25, -0.2) is 0 Å². The van der Waals surface area contributed by atoms with Gasteiger partial charge in [0.15, 0.2) is 0 Å². The van der Waals surface area contributed by atoms with Crippen LogP contribution in [0.1, 0.15) is 30.5 Å². The number of hydrogen-bond acceptors (Lipinski definition) is 3.